The van der Waals surface area contributed by atoms with Crippen molar-refractivity contribution in [3.8, 4) is 0 Å². The van der Waals surface area contributed by atoms with Gasteiger partial charge in [-0.15, -0.1) is 0 Å². The van der Waals surface area contributed by atoms with E-state index in [9.17, 15) is 4.79 Å². The van der Waals surface area contributed by atoms with Gasteiger partial charge in [-0.25, -0.2) is 0 Å². The predicted octanol–water partition coefficient (Wildman–Crippen LogP) is 1.62. The van der Waals surface area contributed by atoms with Crippen LogP contribution in [0.1, 0.15) is 13.3 Å². The molecular formula is C7H9BrN2O. The van der Waals surface area contributed by atoms with Crippen molar-refractivity contribution in [1.82, 2.24) is 9.78 Å². The first-order chi connectivity index (χ1) is 5.20. The number of nitrogens with zero attached hydrogens (tertiary/aromatic N) is 2. The van der Waals surface area contributed by atoms with Crippen LogP contribution in [0.4, 0.5) is 0 Å². The molecule has 1 aromatic heterocycles. The first-order valence-corrected chi connectivity index (χ1v) is 4.16. The highest BCUT2D eigenvalue weighted by atomic mass is 79.9. The van der Waals surface area contributed by atoms with Crippen LogP contribution < -0.4 is 0 Å². The van der Waals surface area contributed by atoms with Gasteiger partial charge >= 0.3 is 0 Å². The number of hydrogen-bond donors (Lipinski definition) is 0. The van der Waals surface area contributed by atoms with E-state index in [0.717, 1.165) is 4.60 Å². The third kappa shape index (κ3) is 2.46. The second-order valence-electron chi connectivity index (χ2n) is 2.33. The van der Waals surface area contributed by atoms with Gasteiger partial charge in [-0.3, -0.25) is 9.48 Å². The third-order valence-electron chi connectivity index (χ3n) is 1.34. The molecule has 0 N–H and O–H groups in total. The molecule has 0 aliphatic rings. The molecular weight excluding hydrogens is 208 g/mol. The molecule has 0 amide bonds. The highest BCUT2D eigenvalue weighted by Gasteiger charge is 1.99. The Balaban J connectivity index is 2.51. The molecule has 1 rings (SSSR count). The zero-order valence-electron chi connectivity index (χ0n) is 6.25. The van der Waals surface area contributed by atoms with Gasteiger partial charge in [0.2, 0.25) is 0 Å². The summed E-state index contributed by atoms with van der Waals surface area (Å²) in [5.41, 5.74) is 0. The molecule has 0 aliphatic heterocycles. The Hall–Kier alpha value is -0.640. The molecule has 0 fully saturated rings. The topological polar surface area (TPSA) is 34.9 Å². The summed E-state index contributed by atoms with van der Waals surface area (Å²) in [5.74, 6) is 0.187. The highest BCUT2D eigenvalue weighted by Crippen LogP contribution is 2.07. The van der Waals surface area contributed by atoms with Gasteiger partial charge in [-0.1, -0.05) is 0 Å². The summed E-state index contributed by atoms with van der Waals surface area (Å²) in [6.07, 6.45) is 2.24. The highest BCUT2D eigenvalue weighted by molar-refractivity contribution is 9.10. The fraction of sp³-hybridized carbons (Fsp3) is 0.429. The summed E-state index contributed by atoms with van der Waals surface area (Å²) in [7, 11) is 0. The van der Waals surface area contributed by atoms with Gasteiger partial charge in [0.1, 0.15) is 10.4 Å². The maximum absolute atomic E-state index is 10.6. The Morgan fingerprint density at radius 2 is 2.55 bits per heavy atom. The Morgan fingerprint density at radius 1 is 1.82 bits per heavy atom. The Morgan fingerprint density at radius 3 is 3.00 bits per heavy atom. The van der Waals surface area contributed by atoms with Gasteiger partial charge in [0, 0.05) is 13.0 Å². The summed E-state index contributed by atoms with van der Waals surface area (Å²) < 4.78 is 2.67. The third-order valence-corrected chi connectivity index (χ3v) is 2.01. The maximum Gasteiger partial charge on any atom is 0.131 e. The van der Waals surface area contributed by atoms with Crippen LogP contribution in [-0.4, -0.2) is 15.6 Å². The SMILES string of the molecule is CC(=O)CCn1nccc1Br. The Labute approximate surface area is 73.5 Å². The van der Waals surface area contributed by atoms with E-state index in [1.165, 1.54) is 0 Å². The van der Waals surface area contributed by atoms with E-state index >= 15 is 0 Å². The largest absolute Gasteiger partial charge is 0.300 e. The van der Waals surface area contributed by atoms with E-state index in [4.69, 9.17) is 0 Å². The van der Waals surface area contributed by atoms with Gasteiger partial charge in [0.25, 0.3) is 0 Å². The molecule has 1 heterocycles. The lowest BCUT2D eigenvalue weighted by molar-refractivity contribution is -0.117. The second-order valence-corrected chi connectivity index (χ2v) is 3.14. The smallest absolute Gasteiger partial charge is 0.131 e. The minimum Gasteiger partial charge on any atom is -0.300 e. The summed E-state index contributed by atoms with van der Waals surface area (Å²) in [6, 6.07) is 1.85. The number of carbonyl (C=O) groups excluding carboxylic acids is 1. The van der Waals surface area contributed by atoms with Crippen LogP contribution in [0.25, 0.3) is 0 Å². The fourth-order valence-electron chi connectivity index (χ4n) is 0.744. The zero-order chi connectivity index (χ0) is 8.27. The number of aromatic nitrogens is 2. The lowest BCUT2D eigenvalue weighted by Gasteiger charge is -1.99. The minimum atomic E-state index is 0.187. The maximum atomic E-state index is 10.6. The molecule has 0 aliphatic carbocycles. The summed E-state index contributed by atoms with van der Waals surface area (Å²) in [4.78, 5) is 10.6. The van der Waals surface area contributed by atoms with E-state index < -0.39 is 0 Å². The first-order valence-electron chi connectivity index (χ1n) is 3.37. The lowest BCUT2D eigenvalue weighted by Crippen LogP contribution is -2.03. The van der Waals surface area contributed by atoms with Crippen molar-refractivity contribution in [2.75, 3.05) is 0 Å². The summed E-state index contributed by atoms with van der Waals surface area (Å²) >= 11 is 3.31. The van der Waals surface area contributed by atoms with Crippen molar-refractivity contribution in [3.63, 3.8) is 0 Å². The lowest BCUT2D eigenvalue weighted by atomic mass is 10.3. The number of ketones is 1. The molecule has 0 saturated carbocycles. The van der Waals surface area contributed by atoms with E-state index in [2.05, 4.69) is 21.0 Å². The summed E-state index contributed by atoms with van der Waals surface area (Å²) in [6.45, 7) is 2.24. The van der Waals surface area contributed by atoms with Gasteiger partial charge in [-0.2, -0.15) is 5.10 Å². The molecule has 0 saturated heterocycles. The van der Waals surface area contributed by atoms with Gasteiger partial charge in [-0.05, 0) is 28.9 Å². The number of rotatable bonds is 3. The Bertz CT molecular complexity index is 257. The van der Waals surface area contributed by atoms with Crippen LogP contribution in [0, 0.1) is 0 Å². The molecule has 0 bridgehead atoms. The van der Waals surface area contributed by atoms with Gasteiger partial charge in [0.15, 0.2) is 0 Å². The van der Waals surface area contributed by atoms with Crippen LogP contribution in [0.3, 0.4) is 0 Å². The number of aryl methyl sites for hydroxylation is 1. The zero-order valence-corrected chi connectivity index (χ0v) is 7.84. The summed E-state index contributed by atoms with van der Waals surface area (Å²) in [5, 5.41) is 4.01. The van der Waals surface area contributed by atoms with E-state index in [-0.39, 0.29) is 5.78 Å². The number of Topliss-reactive ketones (excluding diaryl/α,β-unsaturated/α-hetero) is 1. The van der Waals surface area contributed by atoms with Crippen molar-refractivity contribution in [3.05, 3.63) is 16.9 Å². The molecule has 60 valence electrons. The molecule has 0 aromatic carbocycles. The number of carbonyl (C=O) groups is 1. The molecule has 0 radical (unpaired) electrons. The monoisotopic (exact) mass is 216 g/mol. The number of halogens is 1. The molecule has 3 nitrogen and oxygen atoms in total. The van der Waals surface area contributed by atoms with Crippen LogP contribution in [0.2, 0.25) is 0 Å². The molecule has 0 spiro atoms. The quantitative estimate of drug-likeness (QED) is 0.771. The molecule has 11 heavy (non-hydrogen) atoms. The number of hydrogen-bond acceptors (Lipinski definition) is 2. The van der Waals surface area contributed by atoms with Crippen molar-refractivity contribution < 1.29 is 4.79 Å². The van der Waals surface area contributed by atoms with E-state index in [0.29, 0.717) is 13.0 Å². The van der Waals surface area contributed by atoms with Gasteiger partial charge in [0.05, 0.1) is 6.20 Å². The fourth-order valence-corrected chi connectivity index (χ4v) is 1.13. The van der Waals surface area contributed by atoms with Gasteiger partial charge < -0.3 is 0 Å². The normalized spacial score (nSPS) is 10.0. The molecule has 0 unspecified atom stereocenters. The second kappa shape index (κ2) is 3.67. The van der Waals surface area contributed by atoms with E-state index in [1.54, 1.807) is 17.8 Å². The first kappa shape index (κ1) is 8.46. The average molecular weight is 217 g/mol. The minimum absolute atomic E-state index is 0.187. The van der Waals surface area contributed by atoms with Crippen LogP contribution >= 0.6 is 15.9 Å². The predicted molar refractivity (Wildman–Crippen MR) is 45.2 cm³/mol. The van der Waals surface area contributed by atoms with Crippen LogP contribution in [0.5, 0.6) is 0 Å². The molecule has 1 aromatic rings. The van der Waals surface area contributed by atoms with Crippen molar-refractivity contribution in [2.45, 2.75) is 19.9 Å². The van der Waals surface area contributed by atoms with Crippen molar-refractivity contribution in [2.24, 2.45) is 0 Å². The Kier molecular flexibility index (Phi) is 2.82. The van der Waals surface area contributed by atoms with Crippen molar-refractivity contribution in [1.29, 1.82) is 0 Å². The van der Waals surface area contributed by atoms with Crippen LogP contribution in [-0.2, 0) is 11.3 Å². The molecule has 4 heteroatoms. The van der Waals surface area contributed by atoms with Crippen molar-refractivity contribution >= 4 is 21.7 Å². The average Bonchev–Trinajstić information content (AvgIpc) is 2.31. The molecule has 0 atom stereocenters. The van der Waals surface area contributed by atoms with Crippen LogP contribution in [0.15, 0.2) is 16.9 Å². The standard InChI is InChI=1S/C7H9BrN2O/c1-6(11)3-5-10-7(8)2-4-9-10/h2,4H,3,5H2,1H3. The van der Waals surface area contributed by atoms with E-state index in [1.807, 2.05) is 6.07 Å².